The minimum Gasteiger partial charge on any atom is -0.395 e. The number of nitrogens with zero attached hydrogens (tertiary/aromatic N) is 1. The summed E-state index contributed by atoms with van der Waals surface area (Å²) in [7, 11) is -3.74. The molecular formula is C12H15ClFNO3S. The highest BCUT2D eigenvalue weighted by Crippen LogP contribution is 2.18. The minimum atomic E-state index is -3.74. The molecule has 0 saturated carbocycles. The summed E-state index contributed by atoms with van der Waals surface area (Å²) in [6, 6.07) is 3.75. The van der Waals surface area contributed by atoms with Crippen LogP contribution in [0.2, 0.25) is 5.02 Å². The second-order valence-electron chi connectivity index (χ2n) is 3.86. The van der Waals surface area contributed by atoms with E-state index in [1.165, 1.54) is 18.2 Å². The number of sulfonamides is 1. The van der Waals surface area contributed by atoms with Crippen molar-refractivity contribution in [1.29, 1.82) is 0 Å². The molecule has 0 aliphatic heterocycles. The summed E-state index contributed by atoms with van der Waals surface area (Å²) >= 11 is 5.72. The van der Waals surface area contributed by atoms with Gasteiger partial charge in [0.25, 0.3) is 0 Å². The number of aliphatic hydroxyl groups is 1. The SMILES string of the molecule is C=CCN(CCO)S(=O)(=O)Cc1cc(Cl)ccc1F. The summed E-state index contributed by atoms with van der Waals surface area (Å²) < 4.78 is 38.8. The number of rotatable bonds is 7. The highest BCUT2D eigenvalue weighted by atomic mass is 35.5. The first kappa shape index (κ1) is 16.1. The summed E-state index contributed by atoms with van der Waals surface area (Å²) in [5, 5.41) is 9.12. The molecular weight excluding hydrogens is 293 g/mol. The Morgan fingerprint density at radius 2 is 2.16 bits per heavy atom. The van der Waals surface area contributed by atoms with Crippen molar-refractivity contribution >= 4 is 21.6 Å². The van der Waals surface area contributed by atoms with Gasteiger partial charge in [0.2, 0.25) is 10.0 Å². The van der Waals surface area contributed by atoms with Crippen molar-refractivity contribution in [3.63, 3.8) is 0 Å². The van der Waals surface area contributed by atoms with Crippen molar-refractivity contribution < 1.29 is 17.9 Å². The van der Waals surface area contributed by atoms with E-state index >= 15 is 0 Å². The van der Waals surface area contributed by atoms with Gasteiger partial charge in [0, 0.05) is 23.7 Å². The predicted molar refractivity (Wildman–Crippen MR) is 72.9 cm³/mol. The fourth-order valence-electron chi connectivity index (χ4n) is 1.54. The summed E-state index contributed by atoms with van der Waals surface area (Å²) in [6.07, 6.45) is 1.40. The van der Waals surface area contributed by atoms with Gasteiger partial charge in [-0.2, -0.15) is 4.31 Å². The molecule has 7 heteroatoms. The molecule has 0 unspecified atom stereocenters. The Balaban J connectivity index is 2.99. The van der Waals surface area contributed by atoms with Crippen molar-refractivity contribution in [2.75, 3.05) is 19.7 Å². The second-order valence-corrected chi connectivity index (χ2v) is 6.27. The van der Waals surface area contributed by atoms with Gasteiger partial charge in [-0.3, -0.25) is 0 Å². The zero-order valence-corrected chi connectivity index (χ0v) is 11.8. The first-order chi connectivity index (χ1) is 8.90. The van der Waals surface area contributed by atoms with Crippen LogP contribution in [0.25, 0.3) is 0 Å². The van der Waals surface area contributed by atoms with Crippen LogP contribution in [0, 0.1) is 5.82 Å². The molecule has 1 aromatic rings. The Hall–Kier alpha value is -0.950. The maximum absolute atomic E-state index is 13.5. The number of benzene rings is 1. The van der Waals surface area contributed by atoms with E-state index in [0.717, 1.165) is 10.4 Å². The van der Waals surface area contributed by atoms with E-state index in [9.17, 15) is 12.8 Å². The Labute approximate surface area is 117 Å². The maximum atomic E-state index is 13.5. The highest BCUT2D eigenvalue weighted by Gasteiger charge is 2.22. The third-order valence-corrected chi connectivity index (χ3v) is 4.45. The molecule has 19 heavy (non-hydrogen) atoms. The lowest BCUT2D eigenvalue weighted by Crippen LogP contribution is -2.34. The lowest BCUT2D eigenvalue weighted by Gasteiger charge is -2.19. The highest BCUT2D eigenvalue weighted by molar-refractivity contribution is 7.88. The smallest absolute Gasteiger partial charge is 0.218 e. The van der Waals surface area contributed by atoms with E-state index in [1.54, 1.807) is 0 Å². The first-order valence-electron chi connectivity index (χ1n) is 5.54. The van der Waals surface area contributed by atoms with Crippen molar-refractivity contribution in [3.8, 4) is 0 Å². The number of aliphatic hydroxyl groups excluding tert-OH is 1. The molecule has 0 spiro atoms. The molecule has 0 radical (unpaired) electrons. The monoisotopic (exact) mass is 307 g/mol. The number of hydrogen-bond acceptors (Lipinski definition) is 3. The molecule has 0 fully saturated rings. The lowest BCUT2D eigenvalue weighted by molar-refractivity contribution is 0.260. The van der Waals surface area contributed by atoms with Crippen molar-refractivity contribution in [2.45, 2.75) is 5.75 Å². The van der Waals surface area contributed by atoms with E-state index in [4.69, 9.17) is 16.7 Å². The largest absolute Gasteiger partial charge is 0.395 e. The summed E-state index contributed by atoms with van der Waals surface area (Å²) in [5.74, 6) is -1.14. The van der Waals surface area contributed by atoms with Crippen LogP contribution in [0.4, 0.5) is 4.39 Å². The van der Waals surface area contributed by atoms with Gasteiger partial charge < -0.3 is 5.11 Å². The van der Waals surface area contributed by atoms with Gasteiger partial charge in [-0.25, -0.2) is 12.8 Å². The van der Waals surface area contributed by atoms with Gasteiger partial charge in [-0.15, -0.1) is 6.58 Å². The Morgan fingerprint density at radius 1 is 1.47 bits per heavy atom. The molecule has 0 bridgehead atoms. The predicted octanol–water partition coefficient (Wildman–Crippen LogP) is 1.79. The van der Waals surface area contributed by atoms with E-state index < -0.39 is 21.6 Å². The van der Waals surface area contributed by atoms with E-state index in [1.807, 2.05) is 0 Å². The van der Waals surface area contributed by atoms with Gasteiger partial charge in [-0.05, 0) is 18.2 Å². The molecule has 0 heterocycles. The zero-order chi connectivity index (χ0) is 14.5. The molecule has 4 nitrogen and oxygen atoms in total. The van der Waals surface area contributed by atoms with Crippen LogP contribution in [-0.4, -0.2) is 37.5 Å². The lowest BCUT2D eigenvalue weighted by atomic mass is 10.2. The topological polar surface area (TPSA) is 57.6 Å². The molecule has 0 aliphatic carbocycles. The fraction of sp³-hybridized carbons (Fsp3) is 0.333. The van der Waals surface area contributed by atoms with Gasteiger partial charge in [0.05, 0.1) is 12.4 Å². The molecule has 1 aromatic carbocycles. The average molecular weight is 308 g/mol. The third-order valence-electron chi connectivity index (χ3n) is 2.42. The van der Waals surface area contributed by atoms with E-state index in [0.29, 0.717) is 0 Å². The molecule has 0 aliphatic rings. The van der Waals surface area contributed by atoms with Crippen LogP contribution >= 0.6 is 11.6 Å². The van der Waals surface area contributed by atoms with Crippen molar-refractivity contribution in [2.24, 2.45) is 0 Å². The average Bonchev–Trinajstić information content (AvgIpc) is 2.33. The van der Waals surface area contributed by atoms with Crippen LogP contribution < -0.4 is 0 Å². The Kier molecular flexibility index (Phi) is 5.93. The third kappa shape index (κ3) is 4.58. The molecule has 0 aromatic heterocycles. The Morgan fingerprint density at radius 3 is 2.74 bits per heavy atom. The summed E-state index contributed by atoms with van der Waals surface area (Å²) in [6.45, 7) is 3.14. The molecule has 0 amide bonds. The second kappa shape index (κ2) is 7.00. The standard InChI is InChI=1S/C12H15ClFNO3S/c1-2-5-15(6-7-16)19(17,18)9-10-8-11(13)3-4-12(10)14/h2-4,8,16H,1,5-7,9H2. The normalized spacial score (nSPS) is 11.8. The fourth-order valence-corrected chi connectivity index (χ4v) is 3.23. The van der Waals surface area contributed by atoms with E-state index in [-0.39, 0.29) is 30.3 Å². The van der Waals surface area contributed by atoms with E-state index in [2.05, 4.69) is 6.58 Å². The minimum absolute atomic E-state index is 0.000461. The molecule has 1 rings (SSSR count). The molecule has 1 N–H and O–H groups in total. The molecule has 106 valence electrons. The Bertz CT molecular complexity index is 548. The summed E-state index contributed by atoms with van der Waals surface area (Å²) in [5.41, 5.74) is -0.000461. The van der Waals surface area contributed by atoms with Gasteiger partial charge >= 0.3 is 0 Å². The van der Waals surface area contributed by atoms with Crippen LogP contribution in [0.1, 0.15) is 5.56 Å². The molecule has 0 saturated heterocycles. The van der Waals surface area contributed by atoms with Crippen LogP contribution in [-0.2, 0) is 15.8 Å². The first-order valence-corrected chi connectivity index (χ1v) is 7.53. The van der Waals surface area contributed by atoms with Crippen LogP contribution in [0.15, 0.2) is 30.9 Å². The molecule has 0 atom stereocenters. The van der Waals surface area contributed by atoms with Crippen molar-refractivity contribution in [1.82, 2.24) is 4.31 Å². The summed E-state index contributed by atoms with van der Waals surface area (Å²) in [4.78, 5) is 0. The quantitative estimate of drug-likeness (QED) is 0.781. The number of halogens is 2. The van der Waals surface area contributed by atoms with Crippen molar-refractivity contribution in [3.05, 3.63) is 47.3 Å². The zero-order valence-electron chi connectivity index (χ0n) is 10.2. The van der Waals surface area contributed by atoms with Gasteiger partial charge in [0.15, 0.2) is 0 Å². The van der Waals surface area contributed by atoms with Crippen LogP contribution in [0.5, 0.6) is 0 Å². The number of hydrogen-bond donors (Lipinski definition) is 1. The van der Waals surface area contributed by atoms with Gasteiger partial charge in [-0.1, -0.05) is 17.7 Å². The van der Waals surface area contributed by atoms with Gasteiger partial charge in [0.1, 0.15) is 5.82 Å². The van der Waals surface area contributed by atoms with Crippen LogP contribution in [0.3, 0.4) is 0 Å². The maximum Gasteiger partial charge on any atom is 0.218 e.